The van der Waals surface area contributed by atoms with Crippen LogP contribution in [0.25, 0.3) is 0 Å². The lowest BCUT2D eigenvalue weighted by atomic mass is 9.83. The van der Waals surface area contributed by atoms with Gasteiger partial charge in [0.25, 0.3) is 0 Å². The van der Waals surface area contributed by atoms with Gasteiger partial charge in [-0.3, -0.25) is 14.9 Å². The zero-order chi connectivity index (χ0) is 37.8. The Hall–Kier alpha value is -3.30. The number of nitrogens with zero attached hydrogens (tertiary/aromatic N) is 2. The molecule has 15 heteroatoms. The molecule has 51 heavy (non-hydrogen) atoms. The molecule has 1 aromatic carbocycles. The summed E-state index contributed by atoms with van der Waals surface area (Å²) in [6.45, 7) is 7.02. The molecular weight excluding hydrogens is 702 g/mol. The number of amides is 3. The maximum atomic E-state index is 14.1. The van der Waals surface area contributed by atoms with Crippen molar-refractivity contribution in [3.63, 3.8) is 0 Å². The summed E-state index contributed by atoms with van der Waals surface area (Å²) in [5.41, 5.74) is -0.877. The highest BCUT2D eigenvalue weighted by atomic mass is 35.5. The van der Waals surface area contributed by atoms with Crippen LogP contribution in [0.5, 0.6) is 5.75 Å². The molecule has 2 saturated heterocycles. The van der Waals surface area contributed by atoms with Crippen LogP contribution in [0.15, 0.2) is 35.9 Å². The number of thioether (sulfide) groups is 1. The van der Waals surface area contributed by atoms with Crippen LogP contribution < -0.4 is 15.0 Å². The van der Waals surface area contributed by atoms with Gasteiger partial charge in [-0.05, 0) is 51.1 Å². The lowest BCUT2D eigenvalue weighted by molar-refractivity contribution is -0.161. The van der Waals surface area contributed by atoms with Crippen molar-refractivity contribution in [2.75, 3.05) is 45.2 Å². The number of aliphatic hydroxyl groups is 1. The van der Waals surface area contributed by atoms with Gasteiger partial charge in [-0.2, -0.15) is 11.8 Å². The van der Waals surface area contributed by atoms with Crippen molar-refractivity contribution in [2.24, 2.45) is 5.92 Å². The number of anilines is 1. The number of esters is 1. The largest absolute Gasteiger partial charge is 0.495 e. The van der Waals surface area contributed by atoms with Crippen molar-refractivity contribution in [1.29, 1.82) is 0 Å². The van der Waals surface area contributed by atoms with E-state index in [9.17, 15) is 24.3 Å². The summed E-state index contributed by atoms with van der Waals surface area (Å²) in [4.78, 5) is 56.0. The number of hydrogen-bond donors (Lipinski definition) is 2. The SMILES string of the molecule is COc1cc2cc(c1Cl)N(C)C(=O)C[C@H](OC(=O)C(C)N(C)C(=O)CCSC)[C@]1(C)O[C@H]1[C@H](C)C1C[C@@](O)(NC(=O)O1)[C@H](OC)/C=C/C=C(\C)C2. The number of carbonyl (C=O) groups is 4. The monoisotopic (exact) mass is 751 g/mol. The van der Waals surface area contributed by atoms with Crippen molar-refractivity contribution in [1.82, 2.24) is 10.2 Å². The van der Waals surface area contributed by atoms with Gasteiger partial charge in [0.2, 0.25) is 11.8 Å². The number of fused-ring (bicyclic) bond motifs is 5. The van der Waals surface area contributed by atoms with Crippen LogP contribution in [0.1, 0.15) is 52.5 Å². The molecule has 0 aliphatic carbocycles. The molecule has 3 amide bonds. The Morgan fingerprint density at radius 1 is 1.27 bits per heavy atom. The second-order valence-corrected chi connectivity index (χ2v) is 15.0. The van der Waals surface area contributed by atoms with E-state index in [1.807, 2.05) is 19.3 Å². The quantitative estimate of drug-likeness (QED) is 0.289. The van der Waals surface area contributed by atoms with Crippen LogP contribution in [0.4, 0.5) is 10.5 Å². The lowest BCUT2D eigenvalue weighted by Crippen LogP contribution is -2.63. The Balaban J connectivity index is 1.76. The van der Waals surface area contributed by atoms with Crippen molar-refractivity contribution in [2.45, 2.75) is 95.2 Å². The molecule has 0 saturated carbocycles. The number of hydrogen-bond acceptors (Lipinski definition) is 11. The third-order valence-corrected chi connectivity index (χ3v) is 11.0. The summed E-state index contributed by atoms with van der Waals surface area (Å²) in [7, 11) is 6.04. The summed E-state index contributed by atoms with van der Waals surface area (Å²) in [5.74, 6) is -0.896. The van der Waals surface area contributed by atoms with E-state index in [0.29, 0.717) is 23.6 Å². The molecule has 0 spiro atoms. The number of allylic oxidation sites excluding steroid dienone is 3. The van der Waals surface area contributed by atoms with Gasteiger partial charge < -0.3 is 38.6 Å². The first-order chi connectivity index (χ1) is 24.0. The van der Waals surface area contributed by atoms with Crippen LogP contribution >= 0.6 is 23.4 Å². The number of alkyl carbamates (subject to hydrolysis) is 1. The van der Waals surface area contributed by atoms with Gasteiger partial charge in [0.05, 0.1) is 25.3 Å². The molecule has 2 N–H and O–H groups in total. The maximum absolute atomic E-state index is 14.1. The summed E-state index contributed by atoms with van der Waals surface area (Å²) in [6.07, 6.45) is 3.16. The molecule has 13 nitrogen and oxygen atoms in total. The molecule has 8 atom stereocenters. The second-order valence-electron chi connectivity index (χ2n) is 13.6. The zero-order valence-electron chi connectivity index (χ0n) is 30.7. The van der Waals surface area contributed by atoms with Crippen LogP contribution in [0, 0.1) is 5.92 Å². The molecule has 3 heterocycles. The Morgan fingerprint density at radius 3 is 2.63 bits per heavy atom. The molecule has 3 aliphatic rings. The van der Waals surface area contributed by atoms with E-state index in [1.54, 1.807) is 52.1 Å². The van der Waals surface area contributed by atoms with Crippen molar-refractivity contribution >= 4 is 52.9 Å². The molecule has 2 unspecified atom stereocenters. The molecule has 3 aliphatic heterocycles. The van der Waals surface area contributed by atoms with Gasteiger partial charge in [-0.15, -0.1) is 0 Å². The lowest BCUT2D eigenvalue weighted by Gasteiger charge is -2.42. The predicted molar refractivity (Wildman–Crippen MR) is 194 cm³/mol. The third kappa shape index (κ3) is 9.02. The zero-order valence-corrected chi connectivity index (χ0v) is 32.3. The number of ether oxygens (including phenoxy) is 5. The van der Waals surface area contributed by atoms with Crippen LogP contribution in [-0.4, -0.2) is 116 Å². The number of methoxy groups -OCH3 is 2. The van der Waals surface area contributed by atoms with Crippen molar-refractivity contribution in [3.05, 3.63) is 46.5 Å². The third-order valence-electron chi connectivity index (χ3n) is 10.0. The van der Waals surface area contributed by atoms with E-state index < -0.39 is 65.7 Å². The highest BCUT2D eigenvalue weighted by Gasteiger charge is 2.64. The average Bonchev–Trinajstić information content (AvgIpc) is 3.79. The van der Waals surface area contributed by atoms with E-state index in [1.165, 1.54) is 42.8 Å². The minimum Gasteiger partial charge on any atom is -0.495 e. The number of likely N-dealkylation sites (N-methyl/N-ethyl adjacent to an activating group) is 1. The van der Waals surface area contributed by atoms with E-state index in [0.717, 1.165) is 11.1 Å². The minimum atomic E-state index is -1.82. The van der Waals surface area contributed by atoms with E-state index >= 15 is 0 Å². The Kier molecular flexibility index (Phi) is 13.2. The molecular formula is C36H50ClN3O10S. The first-order valence-electron chi connectivity index (χ1n) is 16.8. The van der Waals surface area contributed by atoms with E-state index in [-0.39, 0.29) is 30.2 Å². The van der Waals surface area contributed by atoms with Gasteiger partial charge in [0.1, 0.15) is 40.7 Å². The fraction of sp³-hybridized carbons (Fsp3) is 0.611. The van der Waals surface area contributed by atoms with Crippen molar-refractivity contribution < 1.29 is 48.0 Å². The van der Waals surface area contributed by atoms with Gasteiger partial charge in [-0.1, -0.05) is 42.3 Å². The number of rotatable bonds is 8. The number of epoxide rings is 1. The van der Waals surface area contributed by atoms with Crippen molar-refractivity contribution in [3.8, 4) is 5.75 Å². The fourth-order valence-electron chi connectivity index (χ4n) is 6.58. The van der Waals surface area contributed by atoms with Crippen LogP contribution in [0.2, 0.25) is 5.02 Å². The average molecular weight is 752 g/mol. The van der Waals surface area contributed by atoms with E-state index in [2.05, 4.69) is 5.32 Å². The van der Waals surface area contributed by atoms with Gasteiger partial charge in [0.15, 0.2) is 5.72 Å². The first-order valence-corrected chi connectivity index (χ1v) is 18.6. The number of halogens is 1. The number of nitrogens with one attached hydrogen (secondary N) is 1. The fourth-order valence-corrected chi connectivity index (χ4v) is 7.28. The summed E-state index contributed by atoms with van der Waals surface area (Å²) < 4.78 is 29.1. The Bertz CT molecular complexity index is 1560. The van der Waals surface area contributed by atoms with Gasteiger partial charge in [-0.25, -0.2) is 9.59 Å². The van der Waals surface area contributed by atoms with Crippen LogP contribution in [-0.2, 0) is 39.8 Å². The summed E-state index contributed by atoms with van der Waals surface area (Å²) in [6, 6.07) is 2.64. The normalized spacial score (nSPS) is 31.9. The molecule has 4 rings (SSSR count). The van der Waals surface area contributed by atoms with Gasteiger partial charge >= 0.3 is 12.1 Å². The summed E-state index contributed by atoms with van der Waals surface area (Å²) in [5, 5.41) is 14.4. The standard InChI is InChI=1S/C36H50ClN3O10S/c1-20-11-10-12-27(47-8)36(45)19-26(48-34(44)38-36)21(2)32-35(4,50-32)28(49-33(43)22(3)39(5)29(41)13-14-51-9)18-30(42)40(6)24-16-23(15-20)17-25(46-7)31(24)37/h10-12,16-17,21-22,26-28,32,45H,13-15,18-19H2,1-9H3,(H,38,44)/b12-10+,20-11+/t21-,22?,26?,27-,28+,32+,35+,36+/m1/s1. The number of benzene rings is 1. The molecule has 4 bridgehead atoms. The second kappa shape index (κ2) is 16.6. The highest BCUT2D eigenvalue weighted by Crippen LogP contribution is 2.49. The predicted octanol–water partition coefficient (Wildman–Crippen LogP) is 4.27. The molecule has 282 valence electrons. The molecule has 2 fully saturated rings. The molecule has 0 aromatic heterocycles. The summed E-state index contributed by atoms with van der Waals surface area (Å²) >= 11 is 8.27. The first kappa shape index (κ1) is 40.5. The van der Waals surface area contributed by atoms with Crippen LogP contribution in [0.3, 0.4) is 0 Å². The maximum Gasteiger partial charge on any atom is 0.409 e. The minimum absolute atomic E-state index is 0.0440. The molecule has 1 aromatic rings. The van der Waals surface area contributed by atoms with E-state index in [4.69, 9.17) is 35.3 Å². The number of carbonyl (C=O) groups excluding carboxylic acids is 4. The topological polar surface area (TPSA) is 156 Å². The Morgan fingerprint density at radius 2 is 1.98 bits per heavy atom. The smallest absolute Gasteiger partial charge is 0.409 e. The Labute approximate surface area is 308 Å². The van der Waals surface area contributed by atoms with Gasteiger partial charge in [0, 0.05) is 45.7 Å². The highest BCUT2D eigenvalue weighted by molar-refractivity contribution is 7.98. The molecule has 0 radical (unpaired) electrons.